The summed E-state index contributed by atoms with van der Waals surface area (Å²) < 4.78 is 0. The van der Waals surface area contributed by atoms with Crippen molar-refractivity contribution >= 4 is 21.3 Å². The molecule has 1 atom stereocenters. The summed E-state index contributed by atoms with van der Waals surface area (Å²) in [6, 6.07) is 9.24. The van der Waals surface area contributed by atoms with Gasteiger partial charge in [-0.25, -0.2) is 0 Å². The van der Waals surface area contributed by atoms with Crippen molar-refractivity contribution in [2.24, 2.45) is 0 Å². The fraction of sp³-hybridized carbons (Fsp3) is 0.200. The zero-order chi connectivity index (χ0) is 10.6. The first-order chi connectivity index (χ1) is 6.66. The molecule has 0 saturated carbocycles. The van der Waals surface area contributed by atoms with Gasteiger partial charge in [0, 0.05) is 4.90 Å². The molecule has 0 saturated heterocycles. The predicted octanol–water partition coefficient (Wildman–Crippen LogP) is 1.71. The van der Waals surface area contributed by atoms with Gasteiger partial charge in [0.15, 0.2) is 10.8 Å². The lowest BCUT2D eigenvalue weighted by Crippen LogP contribution is -2.21. The number of aliphatic hydroxyl groups is 1. The maximum absolute atomic E-state index is 10.9. The average Bonchev–Trinajstić information content (AvgIpc) is 2.20. The monoisotopic (exact) mass is 211 g/mol. The summed E-state index contributed by atoms with van der Waals surface area (Å²) in [4.78, 5) is 13.2. The largest absolute Gasteiger partial charge is 0.346 e. The van der Waals surface area contributed by atoms with Crippen LogP contribution in [0.15, 0.2) is 35.2 Å². The van der Waals surface area contributed by atoms with Crippen LogP contribution in [0.2, 0.25) is 0 Å². The van der Waals surface area contributed by atoms with Crippen LogP contribution in [0, 0.1) is 0 Å². The zero-order valence-corrected chi connectivity index (χ0v) is 8.99. The Morgan fingerprint density at radius 1 is 1.36 bits per heavy atom. The van der Waals surface area contributed by atoms with Gasteiger partial charge in [-0.2, -0.15) is 0 Å². The second kappa shape index (κ2) is 5.05. The van der Waals surface area contributed by atoms with E-state index in [0.717, 1.165) is 10.5 Å². The van der Waals surface area contributed by atoms with E-state index in [2.05, 4.69) is 0 Å². The highest BCUT2D eigenvalue weighted by molar-refractivity contribution is 8.26. The van der Waals surface area contributed by atoms with Crippen molar-refractivity contribution in [3.05, 3.63) is 30.3 Å². The van der Waals surface area contributed by atoms with Gasteiger partial charge in [-0.3, -0.25) is 9.69 Å². The van der Waals surface area contributed by atoms with Crippen LogP contribution >= 0.6 is 10.5 Å². The number of nitrogens with zero attached hydrogens (tertiary/aromatic N) is 1. The molecule has 4 heteroatoms. The lowest BCUT2D eigenvalue weighted by Gasteiger charge is -2.12. The predicted molar refractivity (Wildman–Crippen MR) is 60.4 cm³/mol. The molecule has 0 spiro atoms. The summed E-state index contributed by atoms with van der Waals surface area (Å²) in [5.41, 5.74) is 0.769. The molecule has 3 nitrogen and oxygen atoms in total. The molecule has 76 valence electrons. The van der Waals surface area contributed by atoms with Crippen LogP contribution in [0.1, 0.15) is 0 Å². The van der Waals surface area contributed by atoms with Gasteiger partial charge < -0.3 is 5.11 Å². The number of hydrogen-bond donors (Lipinski definition) is 1. The van der Waals surface area contributed by atoms with Crippen molar-refractivity contribution in [2.75, 3.05) is 14.1 Å². The van der Waals surface area contributed by atoms with Crippen LogP contribution in [-0.2, 0) is 4.79 Å². The van der Waals surface area contributed by atoms with E-state index in [4.69, 9.17) is 0 Å². The van der Waals surface area contributed by atoms with Crippen molar-refractivity contribution in [3.8, 4) is 0 Å². The second-order valence-corrected chi connectivity index (χ2v) is 4.63. The van der Waals surface area contributed by atoms with E-state index >= 15 is 0 Å². The molecule has 14 heavy (non-hydrogen) atoms. The van der Waals surface area contributed by atoms with Crippen molar-refractivity contribution in [2.45, 2.75) is 4.90 Å². The maximum Gasteiger partial charge on any atom is 0.178 e. The summed E-state index contributed by atoms with van der Waals surface area (Å²) in [7, 11) is 2.57. The molecule has 0 bridgehead atoms. The fourth-order valence-corrected chi connectivity index (χ4v) is 2.22. The van der Waals surface area contributed by atoms with E-state index in [9.17, 15) is 9.90 Å². The Kier molecular flexibility index (Phi) is 4.00. The number of carbonyl (C=O) groups is 1. The molecule has 0 radical (unpaired) electrons. The summed E-state index contributed by atoms with van der Waals surface area (Å²) in [6.45, 7) is 0. The Morgan fingerprint density at radius 3 is 2.36 bits per heavy atom. The highest BCUT2D eigenvalue weighted by Crippen LogP contribution is 2.24. The Balaban J connectivity index is 3.17. The molecule has 1 unspecified atom stereocenters. The van der Waals surface area contributed by atoms with Crippen molar-refractivity contribution in [1.29, 1.82) is 0 Å². The first-order valence-corrected chi connectivity index (χ1v) is 5.42. The lowest BCUT2D eigenvalue weighted by molar-refractivity contribution is 0.441. The van der Waals surface area contributed by atoms with Gasteiger partial charge in [-0.1, -0.05) is 18.2 Å². The third-order valence-electron chi connectivity index (χ3n) is 1.67. The molecule has 1 N–H and O–H groups in total. The molecule has 1 aromatic rings. The van der Waals surface area contributed by atoms with Crippen LogP contribution in [0.4, 0.5) is 0 Å². The maximum atomic E-state index is 10.9. The number of carbonyl (C=O) groups excluding carboxylic acids is 1. The molecule has 0 fully saturated rings. The first kappa shape index (κ1) is 11.1. The molecular weight excluding hydrogens is 198 g/mol. The normalized spacial score (nSPS) is 13.9. The van der Waals surface area contributed by atoms with Gasteiger partial charge >= 0.3 is 0 Å². The van der Waals surface area contributed by atoms with E-state index in [1.807, 2.05) is 30.3 Å². The van der Waals surface area contributed by atoms with Gasteiger partial charge in [0.2, 0.25) is 0 Å². The number of hydrogen-bond acceptors (Lipinski definition) is 1. The van der Waals surface area contributed by atoms with E-state index in [1.54, 1.807) is 19.0 Å². The molecule has 0 aliphatic heterocycles. The van der Waals surface area contributed by atoms with Crippen molar-refractivity contribution < 1.29 is 9.90 Å². The highest BCUT2D eigenvalue weighted by Gasteiger charge is 2.06. The molecule has 1 aromatic carbocycles. The number of rotatable bonds is 2. The summed E-state index contributed by atoms with van der Waals surface area (Å²) >= 11 is 0. The van der Waals surface area contributed by atoms with Crippen LogP contribution in [0.3, 0.4) is 0 Å². The van der Waals surface area contributed by atoms with E-state index in [1.165, 1.54) is 0 Å². The van der Waals surface area contributed by atoms with Gasteiger partial charge in [-0.05, 0) is 36.7 Å². The van der Waals surface area contributed by atoms with Crippen molar-refractivity contribution in [3.63, 3.8) is 0 Å². The van der Waals surface area contributed by atoms with Crippen LogP contribution < -0.4 is 0 Å². The summed E-state index contributed by atoms with van der Waals surface area (Å²) in [5.74, 6) is 0. The molecule has 0 aliphatic carbocycles. The minimum absolute atomic E-state index is 0.0891. The van der Waals surface area contributed by atoms with E-state index in [-0.39, 0.29) is 5.17 Å². The minimum Gasteiger partial charge on any atom is -0.346 e. The topological polar surface area (TPSA) is 40.5 Å². The standard InChI is InChI=1S/C10H13NO2S/c1-11(2)10(13)14(8-12)9-6-4-3-5-7-9/h3-8,13H,1-2H3. The number of benzene rings is 1. The van der Waals surface area contributed by atoms with Crippen LogP contribution in [0.25, 0.3) is 0 Å². The molecule has 0 aliphatic rings. The summed E-state index contributed by atoms with van der Waals surface area (Å²) in [5, 5.41) is 9.75. The van der Waals surface area contributed by atoms with Gasteiger partial charge in [-0.15, -0.1) is 0 Å². The Morgan fingerprint density at radius 2 is 1.93 bits per heavy atom. The van der Waals surface area contributed by atoms with Gasteiger partial charge in [0.25, 0.3) is 0 Å². The Labute approximate surface area is 85.9 Å². The van der Waals surface area contributed by atoms with Crippen LogP contribution in [0.5, 0.6) is 0 Å². The average molecular weight is 211 g/mol. The first-order valence-electron chi connectivity index (χ1n) is 4.13. The fourth-order valence-electron chi connectivity index (χ4n) is 0.968. The molecule has 1 rings (SSSR count). The van der Waals surface area contributed by atoms with Crippen LogP contribution in [-0.4, -0.2) is 34.9 Å². The van der Waals surface area contributed by atoms with Gasteiger partial charge in [0.05, 0.1) is 0 Å². The third kappa shape index (κ3) is 2.51. The third-order valence-corrected chi connectivity index (χ3v) is 3.40. The smallest absolute Gasteiger partial charge is 0.178 e. The minimum atomic E-state index is -0.852. The Hall–Kier alpha value is -0.970. The molecule has 0 aromatic heterocycles. The SMILES string of the molecule is CN(C)C(O)=S(C=O)c1ccccc1. The second-order valence-electron chi connectivity index (χ2n) is 2.92. The van der Waals surface area contributed by atoms with E-state index < -0.39 is 10.5 Å². The zero-order valence-electron chi connectivity index (χ0n) is 8.18. The number of aliphatic hydroxyl groups excluding tert-OH is 1. The molecule has 0 amide bonds. The quantitative estimate of drug-likeness (QED) is 0.598. The van der Waals surface area contributed by atoms with Crippen molar-refractivity contribution in [1.82, 2.24) is 4.90 Å². The highest BCUT2D eigenvalue weighted by atomic mass is 32.2. The molecular formula is C10H13NO2S. The summed E-state index contributed by atoms with van der Waals surface area (Å²) in [6.07, 6.45) is 0. The van der Waals surface area contributed by atoms with E-state index in [0.29, 0.717) is 0 Å². The molecule has 0 heterocycles. The Bertz CT molecular complexity index is 346. The lowest BCUT2D eigenvalue weighted by atomic mass is 10.4. The van der Waals surface area contributed by atoms with Gasteiger partial charge in [0.1, 0.15) is 0 Å².